The number of nitrogens with zero attached hydrogens (tertiary/aromatic N) is 2. The van der Waals surface area contributed by atoms with Crippen LogP contribution in [-0.2, 0) is 0 Å². The maximum atomic E-state index is 12.7. The predicted molar refractivity (Wildman–Crippen MR) is 67.6 cm³/mol. The first-order valence-electron chi connectivity index (χ1n) is 6.18. The molecule has 0 saturated heterocycles. The number of hydrogen-bond acceptors (Lipinski definition) is 4. The third-order valence-electron chi connectivity index (χ3n) is 3.29. The van der Waals surface area contributed by atoms with Crippen LogP contribution in [0.2, 0.25) is 0 Å². The molecule has 21 heavy (non-hydrogen) atoms. The van der Waals surface area contributed by atoms with Gasteiger partial charge in [-0.25, -0.2) is 0 Å². The van der Waals surface area contributed by atoms with E-state index in [2.05, 4.69) is 5.10 Å². The van der Waals surface area contributed by atoms with Crippen molar-refractivity contribution in [3.63, 3.8) is 0 Å². The fraction of sp³-hybridized carbons (Fsp3) is 0.385. The summed E-state index contributed by atoms with van der Waals surface area (Å²) in [6.45, 7) is 1.44. The first-order chi connectivity index (χ1) is 9.69. The average Bonchev–Trinajstić information content (AvgIpc) is 2.77. The van der Waals surface area contributed by atoms with Gasteiger partial charge in [0.05, 0.1) is 5.56 Å². The average molecular weight is 302 g/mol. The van der Waals surface area contributed by atoms with Crippen molar-refractivity contribution in [2.45, 2.75) is 31.7 Å². The first-order valence-corrected chi connectivity index (χ1v) is 6.18. The normalized spacial score (nSPS) is 22.3. The van der Waals surface area contributed by atoms with Gasteiger partial charge in [0.2, 0.25) is 0 Å². The maximum Gasteiger partial charge on any atom is 0.431 e. The number of alkyl halides is 3. The van der Waals surface area contributed by atoms with E-state index in [0.717, 1.165) is 0 Å². The smallest absolute Gasteiger partial charge is 0.431 e. The first kappa shape index (κ1) is 15.3. The molecule has 5 nitrogen and oxygen atoms in total. The van der Waals surface area contributed by atoms with Crippen molar-refractivity contribution in [3.8, 4) is 5.75 Å². The molecule has 114 valence electrons. The highest BCUT2D eigenvalue weighted by molar-refractivity contribution is 6.01. The lowest BCUT2D eigenvalue weighted by Gasteiger charge is -2.30. The summed E-state index contributed by atoms with van der Waals surface area (Å²) >= 11 is 0. The molecule has 1 aliphatic rings. The SMILES string of the molecule is CC[C@]1(O)CC(C(F)(F)F)=NN1C(=O)c1ccccc1O. The number of hydrogen-bond donors (Lipinski definition) is 2. The number of halogens is 3. The molecule has 1 aliphatic heterocycles. The Morgan fingerprint density at radius 3 is 2.57 bits per heavy atom. The van der Waals surface area contributed by atoms with Gasteiger partial charge in [-0.2, -0.15) is 23.3 Å². The van der Waals surface area contributed by atoms with Gasteiger partial charge in [0.1, 0.15) is 11.5 Å². The minimum atomic E-state index is -4.73. The van der Waals surface area contributed by atoms with Crippen molar-refractivity contribution >= 4 is 11.6 Å². The van der Waals surface area contributed by atoms with Gasteiger partial charge < -0.3 is 10.2 Å². The lowest BCUT2D eigenvalue weighted by molar-refractivity contribution is -0.0785. The Hall–Kier alpha value is -2.09. The van der Waals surface area contributed by atoms with Gasteiger partial charge in [-0.3, -0.25) is 4.79 Å². The molecule has 1 heterocycles. The van der Waals surface area contributed by atoms with E-state index in [0.29, 0.717) is 5.01 Å². The van der Waals surface area contributed by atoms with Gasteiger partial charge >= 0.3 is 6.18 Å². The Balaban J connectivity index is 2.42. The molecule has 0 spiro atoms. The van der Waals surface area contributed by atoms with E-state index in [4.69, 9.17) is 0 Å². The third kappa shape index (κ3) is 2.71. The summed E-state index contributed by atoms with van der Waals surface area (Å²) in [5, 5.41) is 23.4. The number of benzene rings is 1. The molecule has 0 fully saturated rings. The van der Waals surface area contributed by atoms with Crippen molar-refractivity contribution in [2.24, 2.45) is 5.10 Å². The maximum absolute atomic E-state index is 12.7. The van der Waals surface area contributed by atoms with Crippen LogP contribution in [0.25, 0.3) is 0 Å². The van der Waals surface area contributed by atoms with Crippen LogP contribution in [0.3, 0.4) is 0 Å². The van der Waals surface area contributed by atoms with E-state index in [1.807, 2.05) is 0 Å². The topological polar surface area (TPSA) is 73.1 Å². The van der Waals surface area contributed by atoms with Gasteiger partial charge in [0.25, 0.3) is 5.91 Å². The third-order valence-corrected chi connectivity index (χ3v) is 3.29. The van der Waals surface area contributed by atoms with Crippen LogP contribution in [0.15, 0.2) is 29.4 Å². The minimum absolute atomic E-state index is 0.130. The van der Waals surface area contributed by atoms with Crippen molar-refractivity contribution in [3.05, 3.63) is 29.8 Å². The second kappa shape index (κ2) is 5.03. The number of hydrazone groups is 1. The minimum Gasteiger partial charge on any atom is -0.507 e. The lowest BCUT2D eigenvalue weighted by Crippen LogP contribution is -2.45. The van der Waals surface area contributed by atoms with E-state index >= 15 is 0 Å². The van der Waals surface area contributed by atoms with Crippen molar-refractivity contribution in [1.29, 1.82) is 0 Å². The lowest BCUT2D eigenvalue weighted by atomic mass is 10.0. The molecule has 0 aromatic heterocycles. The quantitative estimate of drug-likeness (QED) is 0.880. The van der Waals surface area contributed by atoms with Crippen LogP contribution in [0.1, 0.15) is 30.1 Å². The van der Waals surface area contributed by atoms with Crippen molar-refractivity contribution in [2.75, 3.05) is 0 Å². The molecular weight excluding hydrogens is 289 g/mol. The molecule has 1 atom stereocenters. The van der Waals surface area contributed by atoms with Gasteiger partial charge in [-0.15, -0.1) is 0 Å². The van der Waals surface area contributed by atoms with Crippen molar-refractivity contribution in [1.82, 2.24) is 5.01 Å². The number of amides is 1. The van der Waals surface area contributed by atoms with Crippen LogP contribution in [0.5, 0.6) is 5.75 Å². The fourth-order valence-electron chi connectivity index (χ4n) is 2.03. The Morgan fingerprint density at radius 1 is 1.43 bits per heavy atom. The van der Waals surface area contributed by atoms with Gasteiger partial charge in [0.15, 0.2) is 5.72 Å². The van der Waals surface area contributed by atoms with E-state index in [9.17, 15) is 28.2 Å². The molecule has 0 aliphatic carbocycles. The molecule has 8 heteroatoms. The van der Waals surface area contributed by atoms with E-state index in [1.54, 1.807) is 0 Å². The monoisotopic (exact) mass is 302 g/mol. The Bertz CT molecular complexity index is 601. The van der Waals surface area contributed by atoms with Crippen LogP contribution in [-0.4, -0.2) is 38.7 Å². The highest BCUT2D eigenvalue weighted by Gasteiger charge is 2.51. The summed E-state index contributed by atoms with van der Waals surface area (Å²) in [6, 6.07) is 5.38. The summed E-state index contributed by atoms with van der Waals surface area (Å²) in [5.74, 6) is -1.38. The molecule has 2 rings (SSSR count). The highest BCUT2D eigenvalue weighted by Crippen LogP contribution is 2.36. The molecule has 0 radical (unpaired) electrons. The number of carbonyl (C=O) groups is 1. The Kier molecular flexibility index (Phi) is 3.66. The largest absolute Gasteiger partial charge is 0.507 e. The number of carbonyl (C=O) groups excluding carboxylic acids is 1. The standard InChI is InChI=1S/C13H13F3N2O3/c1-2-12(21)7-10(13(14,15)16)17-18(12)11(20)8-5-3-4-6-9(8)19/h3-6,19,21H,2,7H2,1H3/t12-/m0/s1. The van der Waals surface area contributed by atoms with Gasteiger partial charge in [0, 0.05) is 6.42 Å². The number of rotatable bonds is 2. The molecule has 1 amide bonds. The molecule has 1 aromatic rings. The van der Waals surface area contributed by atoms with Crippen LogP contribution < -0.4 is 0 Å². The zero-order valence-electron chi connectivity index (χ0n) is 11.1. The number of aliphatic hydroxyl groups is 1. The highest BCUT2D eigenvalue weighted by atomic mass is 19.4. The van der Waals surface area contributed by atoms with E-state index in [1.165, 1.54) is 31.2 Å². The summed E-state index contributed by atoms with van der Waals surface area (Å²) in [6.07, 6.45) is -5.65. The van der Waals surface area contributed by atoms with Crippen LogP contribution in [0, 0.1) is 0 Å². The molecular formula is C13H13F3N2O3. The summed E-state index contributed by atoms with van der Waals surface area (Å²) < 4.78 is 38.2. The predicted octanol–water partition coefficient (Wildman–Crippen LogP) is 2.26. The second-order valence-electron chi connectivity index (χ2n) is 4.69. The molecule has 0 bridgehead atoms. The molecule has 1 aromatic carbocycles. The number of phenolic OH excluding ortho intramolecular Hbond substituents is 1. The number of phenols is 1. The van der Waals surface area contributed by atoms with E-state index < -0.39 is 35.7 Å². The molecule has 0 saturated carbocycles. The Labute approximate surface area is 118 Å². The summed E-state index contributed by atoms with van der Waals surface area (Å²) in [5.41, 5.74) is -3.50. The molecule has 0 unspecified atom stereocenters. The number of aromatic hydroxyl groups is 1. The van der Waals surface area contributed by atoms with Gasteiger partial charge in [-0.05, 0) is 18.6 Å². The van der Waals surface area contributed by atoms with Gasteiger partial charge in [-0.1, -0.05) is 19.1 Å². The van der Waals surface area contributed by atoms with Crippen LogP contribution in [0.4, 0.5) is 13.2 Å². The second-order valence-corrected chi connectivity index (χ2v) is 4.69. The fourth-order valence-corrected chi connectivity index (χ4v) is 2.03. The van der Waals surface area contributed by atoms with Crippen LogP contribution >= 0.6 is 0 Å². The Morgan fingerprint density at radius 2 is 2.05 bits per heavy atom. The summed E-state index contributed by atoms with van der Waals surface area (Å²) in [7, 11) is 0. The zero-order valence-corrected chi connectivity index (χ0v) is 11.1. The zero-order chi connectivity index (χ0) is 15.8. The summed E-state index contributed by atoms with van der Waals surface area (Å²) in [4.78, 5) is 12.2. The number of para-hydroxylation sites is 1. The molecule has 2 N–H and O–H groups in total. The van der Waals surface area contributed by atoms with E-state index in [-0.39, 0.29) is 12.0 Å². The van der Waals surface area contributed by atoms with Crippen molar-refractivity contribution < 1.29 is 28.2 Å².